The van der Waals surface area contributed by atoms with Crippen LogP contribution in [-0.2, 0) is 6.54 Å². The highest BCUT2D eigenvalue weighted by atomic mass is 15.2. The van der Waals surface area contributed by atoms with Gasteiger partial charge in [-0.15, -0.1) is 0 Å². The molecule has 0 aromatic carbocycles. The van der Waals surface area contributed by atoms with Crippen LogP contribution >= 0.6 is 0 Å². The zero-order chi connectivity index (χ0) is 14.7. The molecule has 21 heavy (non-hydrogen) atoms. The van der Waals surface area contributed by atoms with E-state index in [1.165, 1.54) is 31.6 Å². The number of piperidine rings is 1. The molecule has 0 spiro atoms. The Hall–Kier alpha value is -1.39. The van der Waals surface area contributed by atoms with E-state index in [4.69, 9.17) is 4.98 Å². The summed E-state index contributed by atoms with van der Waals surface area (Å²) >= 11 is 0. The first-order valence-corrected chi connectivity index (χ1v) is 8.10. The number of nitrogens with one attached hydrogen (secondary N) is 1. The molecule has 1 fully saturated rings. The molecule has 1 aliphatic rings. The number of imidazole rings is 1. The molecule has 0 saturated carbocycles. The Kier molecular flexibility index (Phi) is 4.56. The van der Waals surface area contributed by atoms with Crippen LogP contribution in [0.1, 0.15) is 32.4 Å². The molecule has 4 heteroatoms. The third-order valence-electron chi connectivity index (χ3n) is 4.40. The predicted octanol–water partition coefficient (Wildman–Crippen LogP) is 2.54. The molecule has 2 aromatic heterocycles. The Morgan fingerprint density at radius 3 is 3.05 bits per heavy atom. The summed E-state index contributed by atoms with van der Waals surface area (Å²) in [5, 5.41) is 3.52. The molecule has 1 aliphatic heterocycles. The van der Waals surface area contributed by atoms with Crippen LogP contribution < -0.4 is 5.32 Å². The fraction of sp³-hybridized carbons (Fsp3) is 0.588. The van der Waals surface area contributed by atoms with Crippen molar-refractivity contribution in [2.45, 2.75) is 39.3 Å². The largest absolute Gasteiger partial charge is 0.316 e. The summed E-state index contributed by atoms with van der Waals surface area (Å²) in [7, 11) is 0. The molecule has 0 aliphatic carbocycles. The monoisotopic (exact) mass is 286 g/mol. The Morgan fingerprint density at radius 1 is 1.43 bits per heavy atom. The third-order valence-corrected chi connectivity index (χ3v) is 4.40. The number of rotatable bonds is 5. The summed E-state index contributed by atoms with van der Waals surface area (Å²) in [5.74, 6) is 0.776. The maximum Gasteiger partial charge on any atom is 0.137 e. The molecule has 4 nitrogen and oxygen atoms in total. The minimum atomic E-state index is 0.553. The summed E-state index contributed by atoms with van der Waals surface area (Å²) in [6, 6.07) is 6.71. The number of nitrogens with zero attached hydrogens (tertiary/aromatic N) is 3. The van der Waals surface area contributed by atoms with Crippen molar-refractivity contribution in [1.29, 1.82) is 0 Å². The molecular formula is C17H26N4. The van der Waals surface area contributed by atoms with Gasteiger partial charge in [-0.3, -0.25) is 4.90 Å². The van der Waals surface area contributed by atoms with Crippen LogP contribution in [-0.4, -0.2) is 40.0 Å². The van der Waals surface area contributed by atoms with Gasteiger partial charge in [-0.1, -0.05) is 6.07 Å². The smallest absolute Gasteiger partial charge is 0.137 e. The lowest BCUT2D eigenvalue weighted by atomic mass is 9.98. The first-order valence-electron chi connectivity index (χ1n) is 8.10. The number of hydrogen-bond acceptors (Lipinski definition) is 3. The quantitative estimate of drug-likeness (QED) is 0.917. The Balaban J connectivity index is 1.68. The van der Waals surface area contributed by atoms with Crippen molar-refractivity contribution in [3.8, 4) is 0 Å². The number of aromatic nitrogens is 2. The van der Waals surface area contributed by atoms with E-state index in [-0.39, 0.29) is 0 Å². The topological polar surface area (TPSA) is 32.6 Å². The molecule has 0 bridgehead atoms. The van der Waals surface area contributed by atoms with Crippen molar-refractivity contribution in [3.05, 3.63) is 36.3 Å². The molecule has 0 radical (unpaired) electrons. The third kappa shape index (κ3) is 3.63. The van der Waals surface area contributed by atoms with E-state index in [1.54, 1.807) is 0 Å². The first-order chi connectivity index (χ1) is 10.2. The second-order valence-corrected chi connectivity index (χ2v) is 6.43. The van der Waals surface area contributed by atoms with Crippen LogP contribution in [0.4, 0.5) is 0 Å². The van der Waals surface area contributed by atoms with E-state index < -0.39 is 0 Å². The lowest BCUT2D eigenvalue weighted by Gasteiger charge is -2.32. The molecule has 3 rings (SSSR count). The zero-order valence-electron chi connectivity index (χ0n) is 13.1. The second-order valence-electron chi connectivity index (χ2n) is 6.43. The van der Waals surface area contributed by atoms with E-state index in [9.17, 15) is 0 Å². The summed E-state index contributed by atoms with van der Waals surface area (Å²) < 4.78 is 2.11. The SMILES string of the molecule is CC(C)N(Cc1cn2ccccc2n1)CC1CCCNC1. The highest BCUT2D eigenvalue weighted by Crippen LogP contribution is 2.16. The second kappa shape index (κ2) is 6.58. The average molecular weight is 286 g/mol. The van der Waals surface area contributed by atoms with Gasteiger partial charge < -0.3 is 9.72 Å². The number of hydrogen-bond donors (Lipinski definition) is 1. The molecular weight excluding hydrogens is 260 g/mol. The van der Waals surface area contributed by atoms with Crippen molar-refractivity contribution in [2.24, 2.45) is 5.92 Å². The van der Waals surface area contributed by atoms with Gasteiger partial charge in [-0.25, -0.2) is 4.98 Å². The van der Waals surface area contributed by atoms with Gasteiger partial charge in [0, 0.05) is 31.5 Å². The van der Waals surface area contributed by atoms with Crippen molar-refractivity contribution >= 4 is 5.65 Å². The summed E-state index contributed by atoms with van der Waals surface area (Å²) in [6.45, 7) is 9.02. The van der Waals surface area contributed by atoms with Crippen molar-refractivity contribution in [3.63, 3.8) is 0 Å². The van der Waals surface area contributed by atoms with Crippen LogP contribution in [0.15, 0.2) is 30.6 Å². The first kappa shape index (κ1) is 14.5. The molecule has 1 N–H and O–H groups in total. The number of fused-ring (bicyclic) bond motifs is 1. The fourth-order valence-electron chi connectivity index (χ4n) is 3.14. The van der Waals surface area contributed by atoms with Gasteiger partial charge in [0.05, 0.1) is 5.69 Å². The van der Waals surface area contributed by atoms with E-state index in [0.29, 0.717) is 6.04 Å². The summed E-state index contributed by atoms with van der Waals surface area (Å²) in [4.78, 5) is 7.29. The fourth-order valence-corrected chi connectivity index (χ4v) is 3.14. The van der Waals surface area contributed by atoms with Gasteiger partial charge in [0.2, 0.25) is 0 Å². The van der Waals surface area contributed by atoms with Crippen molar-refractivity contribution < 1.29 is 0 Å². The predicted molar refractivity (Wildman–Crippen MR) is 86.3 cm³/mol. The van der Waals surface area contributed by atoms with E-state index in [0.717, 1.165) is 24.7 Å². The van der Waals surface area contributed by atoms with Gasteiger partial charge in [0.25, 0.3) is 0 Å². The van der Waals surface area contributed by atoms with Gasteiger partial charge >= 0.3 is 0 Å². The normalized spacial score (nSPS) is 19.7. The van der Waals surface area contributed by atoms with Crippen molar-refractivity contribution in [2.75, 3.05) is 19.6 Å². The molecule has 2 aromatic rings. The van der Waals surface area contributed by atoms with Gasteiger partial charge in [-0.2, -0.15) is 0 Å². The lowest BCUT2D eigenvalue weighted by Crippen LogP contribution is -2.40. The molecule has 1 saturated heterocycles. The van der Waals surface area contributed by atoms with Gasteiger partial charge in [-0.05, 0) is 57.8 Å². The van der Waals surface area contributed by atoms with Crippen LogP contribution in [0.5, 0.6) is 0 Å². The maximum atomic E-state index is 4.73. The minimum Gasteiger partial charge on any atom is -0.316 e. The standard InChI is InChI=1S/C17H26N4/c1-14(2)21(11-15-6-5-8-18-10-15)13-16-12-20-9-4-3-7-17(20)19-16/h3-4,7,9,12,14-15,18H,5-6,8,10-11,13H2,1-2H3. The van der Waals surface area contributed by atoms with E-state index in [1.807, 2.05) is 12.1 Å². The Bertz CT molecular complexity index is 536. The zero-order valence-corrected chi connectivity index (χ0v) is 13.1. The van der Waals surface area contributed by atoms with E-state index >= 15 is 0 Å². The Labute approximate surface area is 127 Å². The number of pyridine rings is 1. The van der Waals surface area contributed by atoms with Crippen LogP contribution in [0.2, 0.25) is 0 Å². The maximum absolute atomic E-state index is 4.73. The van der Waals surface area contributed by atoms with Gasteiger partial charge in [0.1, 0.15) is 5.65 Å². The molecule has 1 atom stereocenters. The van der Waals surface area contributed by atoms with Crippen LogP contribution in [0, 0.1) is 5.92 Å². The molecule has 3 heterocycles. The van der Waals surface area contributed by atoms with E-state index in [2.05, 4.69) is 46.9 Å². The average Bonchev–Trinajstić information content (AvgIpc) is 2.90. The van der Waals surface area contributed by atoms with Crippen molar-refractivity contribution in [1.82, 2.24) is 19.6 Å². The molecule has 114 valence electrons. The van der Waals surface area contributed by atoms with Crippen LogP contribution in [0.25, 0.3) is 5.65 Å². The highest BCUT2D eigenvalue weighted by Gasteiger charge is 2.19. The van der Waals surface area contributed by atoms with Gasteiger partial charge in [0.15, 0.2) is 0 Å². The minimum absolute atomic E-state index is 0.553. The Morgan fingerprint density at radius 2 is 2.33 bits per heavy atom. The summed E-state index contributed by atoms with van der Waals surface area (Å²) in [6.07, 6.45) is 6.88. The lowest BCUT2D eigenvalue weighted by molar-refractivity contribution is 0.162. The summed E-state index contributed by atoms with van der Waals surface area (Å²) in [5.41, 5.74) is 2.20. The van der Waals surface area contributed by atoms with Crippen LogP contribution in [0.3, 0.4) is 0 Å². The highest BCUT2D eigenvalue weighted by molar-refractivity contribution is 5.39. The molecule has 0 amide bonds. The molecule has 1 unspecified atom stereocenters.